The number of carbonyl (C=O) groups is 2. The van der Waals surface area contributed by atoms with Gasteiger partial charge in [0.15, 0.2) is 6.61 Å². The first kappa shape index (κ1) is 34.5. The molecule has 0 aromatic heterocycles. The van der Waals surface area contributed by atoms with Gasteiger partial charge in [0, 0.05) is 30.2 Å². The predicted molar refractivity (Wildman–Crippen MR) is 178 cm³/mol. The Hall–Kier alpha value is -4.41. The third kappa shape index (κ3) is 10.3. The number of sulfonamides is 1. The van der Waals surface area contributed by atoms with Crippen molar-refractivity contribution in [2.45, 2.75) is 50.1 Å². The van der Waals surface area contributed by atoms with Crippen LogP contribution in [0.5, 0.6) is 5.75 Å². The zero-order chi connectivity index (χ0) is 32.9. The van der Waals surface area contributed by atoms with Gasteiger partial charge in [-0.05, 0) is 78.2 Å². The van der Waals surface area contributed by atoms with Crippen molar-refractivity contribution in [2.24, 2.45) is 0 Å². The van der Waals surface area contributed by atoms with Crippen LogP contribution in [-0.4, -0.2) is 44.3 Å². The van der Waals surface area contributed by atoms with E-state index in [1.165, 1.54) is 41.3 Å². The smallest absolute Gasteiger partial charge is 0.261 e. The van der Waals surface area contributed by atoms with E-state index in [-0.39, 0.29) is 35.4 Å². The van der Waals surface area contributed by atoms with E-state index in [0.29, 0.717) is 18.0 Å². The Kier molecular flexibility index (Phi) is 12.6. The van der Waals surface area contributed by atoms with E-state index in [4.69, 9.17) is 16.3 Å². The number of carbonyl (C=O) groups excluding carboxylic acids is 2. The molecule has 0 aliphatic heterocycles. The third-order valence-corrected chi connectivity index (χ3v) is 8.86. The minimum atomic E-state index is -3.94. The lowest BCUT2D eigenvalue weighted by molar-refractivity contribution is -0.142. The Bertz CT molecular complexity index is 1670. The highest BCUT2D eigenvalue weighted by Crippen LogP contribution is 2.21. The maximum atomic E-state index is 13.8. The zero-order valence-electron chi connectivity index (χ0n) is 25.5. The van der Waals surface area contributed by atoms with Gasteiger partial charge >= 0.3 is 0 Å². The second kappa shape index (κ2) is 16.8. The monoisotopic (exact) mass is 665 g/mol. The first-order chi connectivity index (χ1) is 22.1. The van der Waals surface area contributed by atoms with Gasteiger partial charge in [0.05, 0.1) is 4.90 Å². The van der Waals surface area contributed by atoms with Crippen molar-refractivity contribution in [3.05, 3.63) is 125 Å². The summed E-state index contributed by atoms with van der Waals surface area (Å²) in [6.45, 7) is 2.35. The Balaban J connectivity index is 1.52. The van der Waals surface area contributed by atoms with Crippen LogP contribution in [0.15, 0.2) is 108 Å². The van der Waals surface area contributed by atoms with Crippen molar-refractivity contribution in [3.63, 3.8) is 0 Å². The summed E-state index contributed by atoms with van der Waals surface area (Å²) in [5.74, 6) is -0.895. The minimum Gasteiger partial charge on any atom is -0.484 e. The largest absolute Gasteiger partial charge is 0.484 e. The van der Waals surface area contributed by atoms with Crippen molar-refractivity contribution in [1.29, 1.82) is 0 Å². The van der Waals surface area contributed by atoms with Gasteiger partial charge in [-0.3, -0.25) is 14.3 Å². The molecule has 46 heavy (non-hydrogen) atoms. The third-order valence-electron chi connectivity index (χ3n) is 7.21. The van der Waals surface area contributed by atoms with Crippen LogP contribution < -0.4 is 14.8 Å². The van der Waals surface area contributed by atoms with Crippen LogP contribution in [0, 0.1) is 5.82 Å². The summed E-state index contributed by atoms with van der Waals surface area (Å²) in [5.41, 5.74) is 1.91. The van der Waals surface area contributed by atoms with E-state index in [9.17, 15) is 22.4 Å². The second-order valence-corrected chi connectivity index (χ2v) is 12.8. The highest BCUT2D eigenvalue weighted by atomic mass is 35.5. The van der Waals surface area contributed by atoms with Crippen LogP contribution >= 0.6 is 11.6 Å². The van der Waals surface area contributed by atoms with Gasteiger partial charge in [0.25, 0.3) is 15.9 Å². The molecule has 2 N–H and O–H groups in total. The van der Waals surface area contributed by atoms with Gasteiger partial charge in [-0.15, -0.1) is 0 Å². The molecule has 0 aliphatic carbocycles. The number of anilines is 1. The molecule has 4 rings (SSSR count). The average Bonchev–Trinajstić information content (AvgIpc) is 3.06. The van der Waals surface area contributed by atoms with Crippen LogP contribution in [0.4, 0.5) is 10.1 Å². The van der Waals surface area contributed by atoms with Gasteiger partial charge < -0.3 is 15.0 Å². The number of ether oxygens (including phenoxy) is 1. The second-order valence-electron chi connectivity index (χ2n) is 10.7. The van der Waals surface area contributed by atoms with Crippen molar-refractivity contribution in [2.75, 3.05) is 17.9 Å². The van der Waals surface area contributed by atoms with E-state index in [1.54, 1.807) is 24.3 Å². The van der Waals surface area contributed by atoms with Crippen molar-refractivity contribution < 1.29 is 27.1 Å². The van der Waals surface area contributed by atoms with Gasteiger partial charge in [-0.25, -0.2) is 12.8 Å². The molecule has 2 amide bonds. The summed E-state index contributed by atoms with van der Waals surface area (Å²) in [6, 6.07) is 26.3. The number of benzene rings is 4. The summed E-state index contributed by atoms with van der Waals surface area (Å²) in [7, 11) is -3.94. The molecule has 0 aliphatic rings. The van der Waals surface area contributed by atoms with Crippen LogP contribution in [0.25, 0.3) is 0 Å². The van der Waals surface area contributed by atoms with Crippen molar-refractivity contribution >= 4 is 39.1 Å². The fourth-order valence-corrected chi connectivity index (χ4v) is 5.90. The Morgan fingerprint density at radius 3 is 2.20 bits per heavy atom. The molecule has 0 saturated heterocycles. The predicted octanol–water partition coefficient (Wildman–Crippen LogP) is 6.61. The van der Waals surface area contributed by atoms with E-state index in [2.05, 4.69) is 17.0 Å². The average molecular weight is 666 g/mol. The maximum absolute atomic E-state index is 13.8. The van der Waals surface area contributed by atoms with E-state index >= 15 is 0 Å². The summed E-state index contributed by atoms with van der Waals surface area (Å²) < 4.78 is 47.0. The Labute approximate surface area is 274 Å². The molecule has 4 aromatic carbocycles. The Morgan fingerprint density at radius 2 is 1.54 bits per heavy atom. The molecule has 0 fully saturated rings. The van der Waals surface area contributed by atoms with Crippen LogP contribution in [0.2, 0.25) is 5.02 Å². The molecule has 242 valence electrons. The van der Waals surface area contributed by atoms with E-state index < -0.39 is 27.8 Å². The number of hydrogen-bond acceptors (Lipinski definition) is 5. The van der Waals surface area contributed by atoms with Crippen LogP contribution in [-0.2, 0) is 32.6 Å². The summed E-state index contributed by atoms with van der Waals surface area (Å²) in [5, 5.41) is 3.56. The fourth-order valence-electron chi connectivity index (χ4n) is 4.72. The van der Waals surface area contributed by atoms with Crippen molar-refractivity contribution in [1.82, 2.24) is 10.2 Å². The molecule has 0 spiro atoms. The maximum Gasteiger partial charge on any atom is 0.261 e. The summed E-state index contributed by atoms with van der Waals surface area (Å²) >= 11 is 6.10. The molecular formula is C35H37ClFN3O5S. The van der Waals surface area contributed by atoms with Crippen LogP contribution in [0.3, 0.4) is 0 Å². The number of halogens is 2. The molecule has 4 aromatic rings. The fraction of sp³-hybridized carbons (Fsp3) is 0.257. The van der Waals surface area contributed by atoms with Gasteiger partial charge in [0.1, 0.15) is 17.6 Å². The topological polar surface area (TPSA) is 105 Å². The first-order valence-corrected chi connectivity index (χ1v) is 16.9. The number of unbranched alkanes of at least 4 members (excludes halogenated alkanes) is 2. The lowest BCUT2D eigenvalue weighted by Gasteiger charge is -2.31. The lowest BCUT2D eigenvalue weighted by Crippen LogP contribution is -2.51. The standard InChI is InChI=1S/C35H37ClFN3O5S/c1-2-3-7-22-38-35(42)33(23-26-8-5-4-6-9-26)40(24-27-10-12-28(36)13-11-27)34(41)25-45-31-18-20-32(21-19-31)46(43,44)39-30-16-14-29(37)15-17-30/h4-6,8-21,33,39H,2-3,7,22-25H2,1H3,(H,38,42). The first-order valence-electron chi connectivity index (χ1n) is 15.0. The highest BCUT2D eigenvalue weighted by molar-refractivity contribution is 7.92. The molecule has 1 atom stereocenters. The highest BCUT2D eigenvalue weighted by Gasteiger charge is 2.30. The number of nitrogens with one attached hydrogen (secondary N) is 2. The summed E-state index contributed by atoms with van der Waals surface area (Å²) in [6.07, 6.45) is 3.12. The lowest BCUT2D eigenvalue weighted by atomic mass is 10.0. The van der Waals surface area contributed by atoms with Gasteiger partial charge in [-0.1, -0.05) is 73.8 Å². The van der Waals surface area contributed by atoms with Crippen LogP contribution in [0.1, 0.15) is 37.3 Å². The van der Waals surface area contributed by atoms with E-state index in [0.717, 1.165) is 42.5 Å². The number of rotatable bonds is 16. The zero-order valence-corrected chi connectivity index (χ0v) is 27.1. The molecule has 0 bridgehead atoms. The molecule has 0 radical (unpaired) electrons. The number of nitrogens with zero attached hydrogens (tertiary/aromatic N) is 1. The molecular weight excluding hydrogens is 629 g/mol. The molecule has 0 saturated carbocycles. The number of hydrogen-bond donors (Lipinski definition) is 2. The van der Waals surface area contributed by atoms with Gasteiger partial charge in [-0.2, -0.15) is 0 Å². The van der Waals surface area contributed by atoms with Crippen molar-refractivity contribution in [3.8, 4) is 5.75 Å². The SMILES string of the molecule is CCCCCNC(=O)C(Cc1ccccc1)N(Cc1ccc(Cl)cc1)C(=O)COc1ccc(S(=O)(=O)Nc2ccc(F)cc2)cc1. The van der Waals surface area contributed by atoms with Gasteiger partial charge in [0.2, 0.25) is 5.91 Å². The molecule has 11 heteroatoms. The quantitative estimate of drug-likeness (QED) is 0.131. The summed E-state index contributed by atoms with van der Waals surface area (Å²) in [4.78, 5) is 28.9. The van der Waals surface area contributed by atoms with E-state index in [1.807, 2.05) is 30.3 Å². The molecule has 0 heterocycles. The normalized spacial score (nSPS) is 11.8. The minimum absolute atomic E-state index is 0.0393. The Morgan fingerprint density at radius 1 is 0.870 bits per heavy atom. The molecule has 1 unspecified atom stereocenters. The molecule has 8 nitrogen and oxygen atoms in total. The number of amides is 2.